The topological polar surface area (TPSA) is 76.4 Å². The highest BCUT2D eigenvalue weighted by molar-refractivity contribution is 9.10. The molecular formula is C21H20BrNO4S. The largest absolute Gasteiger partial charge is 0.459 e. The highest BCUT2D eigenvalue weighted by Gasteiger charge is 2.27. The second-order valence-electron chi connectivity index (χ2n) is 7.35. The molecule has 3 aromatic rings. The van der Waals surface area contributed by atoms with Crippen LogP contribution in [0.4, 0.5) is 5.69 Å². The average Bonchev–Trinajstić information content (AvgIpc) is 2.93. The molecule has 0 saturated carbocycles. The summed E-state index contributed by atoms with van der Waals surface area (Å²) in [6.07, 6.45) is 1.97. The average molecular weight is 462 g/mol. The van der Waals surface area contributed by atoms with Crippen molar-refractivity contribution < 1.29 is 17.6 Å². The molecule has 4 rings (SSSR count). The Balaban J connectivity index is 1.82. The predicted octanol–water partition coefficient (Wildman–Crippen LogP) is 5.44. The summed E-state index contributed by atoms with van der Waals surface area (Å²) in [5, 5.41) is 0.643. The van der Waals surface area contributed by atoms with Crippen LogP contribution in [-0.4, -0.2) is 14.2 Å². The number of hydrogen-bond donors (Lipinski definition) is 1. The molecular weight excluding hydrogens is 442 g/mol. The van der Waals surface area contributed by atoms with E-state index in [2.05, 4.69) is 20.7 Å². The van der Waals surface area contributed by atoms with Crippen molar-refractivity contribution in [2.45, 2.75) is 44.9 Å². The van der Waals surface area contributed by atoms with Gasteiger partial charge >= 0.3 is 0 Å². The number of furan rings is 1. The quantitative estimate of drug-likeness (QED) is 0.563. The molecule has 0 atom stereocenters. The molecule has 1 aliphatic carbocycles. The van der Waals surface area contributed by atoms with Crippen LogP contribution in [0.15, 0.2) is 38.1 Å². The van der Waals surface area contributed by atoms with Crippen molar-refractivity contribution in [2.24, 2.45) is 0 Å². The molecule has 7 heteroatoms. The van der Waals surface area contributed by atoms with Gasteiger partial charge in [0.05, 0.1) is 20.6 Å². The number of carbonyl (C=O) groups excluding carboxylic acids is 1. The van der Waals surface area contributed by atoms with Gasteiger partial charge in [-0.1, -0.05) is 17.7 Å². The summed E-state index contributed by atoms with van der Waals surface area (Å²) in [7, 11) is -3.78. The SMILES string of the molecule is Cc1cc(C)c(S(=O)(=O)Nc2cc(Br)c3oc4c(c3c2)C(=O)CCC4)c(C)c1. The number of rotatable bonds is 3. The summed E-state index contributed by atoms with van der Waals surface area (Å²) in [5.74, 6) is 0.717. The van der Waals surface area contributed by atoms with Gasteiger partial charge in [0.15, 0.2) is 5.78 Å². The first-order valence-electron chi connectivity index (χ1n) is 9.06. The van der Waals surface area contributed by atoms with Crippen LogP contribution in [0, 0.1) is 20.8 Å². The molecule has 0 aliphatic heterocycles. The Morgan fingerprint density at radius 2 is 1.71 bits per heavy atom. The molecule has 2 aromatic carbocycles. The number of fused-ring (bicyclic) bond motifs is 3. The van der Waals surface area contributed by atoms with E-state index in [1.54, 1.807) is 26.0 Å². The number of benzene rings is 2. The fourth-order valence-corrected chi connectivity index (χ4v) is 6.12. The lowest BCUT2D eigenvalue weighted by Crippen LogP contribution is -2.16. The third kappa shape index (κ3) is 3.16. The van der Waals surface area contributed by atoms with E-state index in [1.807, 2.05) is 19.1 Å². The monoisotopic (exact) mass is 461 g/mol. The van der Waals surface area contributed by atoms with Crippen LogP contribution in [0.3, 0.4) is 0 Å². The van der Waals surface area contributed by atoms with E-state index in [1.165, 1.54) is 0 Å². The second kappa shape index (κ2) is 6.74. The highest BCUT2D eigenvalue weighted by Crippen LogP contribution is 2.38. The molecule has 1 heterocycles. The van der Waals surface area contributed by atoms with Crippen LogP contribution >= 0.6 is 15.9 Å². The lowest BCUT2D eigenvalue weighted by Gasteiger charge is -2.14. The lowest BCUT2D eigenvalue weighted by atomic mass is 9.94. The molecule has 1 aliphatic rings. The zero-order chi connectivity index (χ0) is 20.2. The van der Waals surface area contributed by atoms with Gasteiger partial charge in [-0.3, -0.25) is 9.52 Å². The van der Waals surface area contributed by atoms with Crippen molar-refractivity contribution >= 4 is 48.4 Å². The first kappa shape index (κ1) is 19.2. The number of ketones is 1. The molecule has 1 aromatic heterocycles. The minimum Gasteiger partial charge on any atom is -0.459 e. The molecule has 5 nitrogen and oxygen atoms in total. The molecule has 0 amide bonds. The standard InChI is InChI=1S/C21H20BrNO4S/c1-11-7-12(2)21(13(3)8-11)28(25,26)23-14-9-15-19-17(24)5-4-6-18(19)27-20(15)16(22)10-14/h7-10,23H,4-6H2,1-3H3. The van der Waals surface area contributed by atoms with Crippen molar-refractivity contribution in [1.29, 1.82) is 0 Å². The van der Waals surface area contributed by atoms with E-state index in [0.29, 0.717) is 56.4 Å². The smallest absolute Gasteiger partial charge is 0.262 e. The Kier molecular flexibility index (Phi) is 4.62. The van der Waals surface area contributed by atoms with Crippen LogP contribution in [0.1, 0.15) is 45.7 Å². The van der Waals surface area contributed by atoms with E-state index in [9.17, 15) is 13.2 Å². The summed E-state index contributed by atoms with van der Waals surface area (Å²) in [6, 6.07) is 7.05. The van der Waals surface area contributed by atoms with E-state index in [4.69, 9.17) is 4.42 Å². The summed E-state index contributed by atoms with van der Waals surface area (Å²) in [4.78, 5) is 12.7. The zero-order valence-electron chi connectivity index (χ0n) is 15.8. The van der Waals surface area contributed by atoms with E-state index in [-0.39, 0.29) is 10.7 Å². The number of nitrogens with one attached hydrogen (secondary N) is 1. The van der Waals surface area contributed by atoms with Crippen LogP contribution in [-0.2, 0) is 16.4 Å². The third-order valence-corrected chi connectivity index (χ3v) is 7.30. The molecule has 1 N–H and O–H groups in total. The van der Waals surface area contributed by atoms with Crippen molar-refractivity contribution in [3.8, 4) is 0 Å². The maximum atomic E-state index is 13.1. The summed E-state index contributed by atoms with van der Waals surface area (Å²) in [6.45, 7) is 5.52. The maximum absolute atomic E-state index is 13.1. The van der Waals surface area contributed by atoms with Gasteiger partial charge in [-0.25, -0.2) is 8.42 Å². The van der Waals surface area contributed by atoms with E-state index >= 15 is 0 Å². The number of hydrogen-bond acceptors (Lipinski definition) is 4. The molecule has 28 heavy (non-hydrogen) atoms. The number of sulfonamides is 1. The predicted molar refractivity (Wildman–Crippen MR) is 113 cm³/mol. The number of anilines is 1. The van der Waals surface area contributed by atoms with Gasteiger partial charge in [0.2, 0.25) is 0 Å². The Morgan fingerprint density at radius 1 is 1.04 bits per heavy atom. The van der Waals surface area contributed by atoms with E-state index < -0.39 is 10.0 Å². The van der Waals surface area contributed by atoms with Gasteiger partial charge in [-0.2, -0.15) is 0 Å². The fourth-order valence-electron chi connectivity index (χ4n) is 4.08. The van der Waals surface area contributed by atoms with Gasteiger partial charge in [0, 0.05) is 18.2 Å². The molecule has 0 unspecified atom stereocenters. The molecule has 0 saturated heterocycles. The minimum absolute atomic E-state index is 0.0390. The summed E-state index contributed by atoms with van der Waals surface area (Å²) < 4.78 is 35.3. The van der Waals surface area contributed by atoms with Crippen molar-refractivity contribution in [2.75, 3.05) is 4.72 Å². The highest BCUT2D eigenvalue weighted by atomic mass is 79.9. The number of carbonyl (C=O) groups is 1. The van der Waals surface area contributed by atoms with Crippen molar-refractivity contribution in [1.82, 2.24) is 0 Å². The molecule has 146 valence electrons. The Bertz CT molecular complexity index is 1220. The zero-order valence-corrected chi connectivity index (χ0v) is 18.3. The minimum atomic E-state index is -3.78. The fraction of sp³-hybridized carbons (Fsp3) is 0.286. The third-order valence-electron chi connectivity index (χ3n) is 5.03. The van der Waals surface area contributed by atoms with Gasteiger partial charge in [-0.15, -0.1) is 0 Å². The van der Waals surface area contributed by atoms with Gasteiger partial charge in [-0.05, 0) is 66.4 Å². The van der Waals surface area contributed by atoms with Crippen LogP contribution in [0.2, 0.25) is 0 Å². The van der Waals surface area contributed by atoms with E-state index in [0.717, 1.165) is 12.0 Å². The van der Waals surface area contributed by atoms with Crippen molar-refractivity contribution in [3.63, 3.8) is 0 Å². The summed E-state index contributed by atoms with van der Waals surface area (Å²) >= 11 is 3.46. The van der Waals surface area contributed by atoms with Crippen LogP contribution in [0.25, 0.3) is 11.0 Å². The number of aryl methyl sites for hydroxylation is 4. The molecule has 0 radical (unpaired) electrons. The van der Waals surface area contributed by atoms with Gasteiger partial charge in [0.1, 0.15) is 11.3 Å². The van der Waals surface area contributed by atoms with Crippen molar-refractivity contribution in [3.05, 3.63) is 56.8 Å². The second-order valence-corrected chi connectivity index (χ2v) is 9.82. The molecule has 0 spiro atoms. The Morgan fingerprint density at radius 3 is 2.39 bits per heavy atom. The normalized spacial score (nSPS) is 14.4. The van der Waals surface area contributed by atoms with Crippen LogP contribution < -0.4 is 4.72 Å². The Hall–Kier alpha value is -2.12. The lowest BCUT2D eigenvalue weighted by molar-refractivity contribution is 0.0971. The first-order valence-corrected chi connectivity index (χ1v) is 11.3. The molecule has 0 bridgehead atoms. The summed E-state index contributed by atoms with van der Waals surface area (Å²) in [5.41, 5.74) is 3.95. The number of halogens is 1. The van der Waals surface area contributed by atoms with Crippen LogP contribution in [0.5, 0.6) is 0 Å². The van der Waals surface area contributed by atoms with Gasteiger partial charge in [0.25, 0.3) is 10.0 Å². The first-order chi connectivity index (χ1) is 13.2. The van der Waals surface area contributed by atoms with Gasteiger partial charge < -0.3 is 4.42 Å². The molecule has 0 fully saturated rings. The Labute approximate surface area is 172 Å². The number of Topliss-reactive ketones (excluding diaryl/α,β-unsaturated/α-hetero) is 1. The maximum Gasteiger partial charge on any atom is 0.262 e.